The Morgan fingerprint density at radius 3 is 1.44 bits per heavy atom. The van der Waals surface area contributed by atoms with Crippen LogP contribution in [0.4, 0.5) is 0 Å². The number of hydrogen-bond acceptors (Lipinski definition) is 3. The van der Waals surface area contributed by atoms with Crippen molar-refractivity contribution in [1.82, 2.24) is 24.1 Å². The topological polar surface area (TPSA) is 48.5 Å². The molecule has 0 spiro atoms. The normalized spacial score (nSPS) is 11.6. The average molecular weight is 842 g/mol. The molecule has 0 saturated heterocycles. The smallest absolute Gasteiger partial charge is 0.238 e. The van der Waals surface area contributed by atoms with E-state index in [1.807, 2.05) is 18.2 Å². The largest absolute Gasteiger partial charge is 0.309 e. The van der Waals surface area contributed by atoms with Gasteiger partial charge in [0.2, 0.25) is 5.95 Å². The minimum atomic E-state index is 0.566. The van der Waals surface area contributed by atoms with Gasteiger partial charge in [0.15, 0.2) is 11.6 Å². The summed E-state index contributed by atoms with van der Waals surface area (Å²) in [6.07, 6.45) is 0. The number of rotatable bonds is 7. The number of fused-ring (bicyclic) bond motifs is 7. The van der Waals surface area contributed by atoms with E-state index in [0.29, 0.717) is 17.6 Å². The maximum absolute atomic E-state index is 5.38. The Hall–Kier alpha value is -8.93. The standard InChI is InChI=1S/C61H39N5/c1-4-17-40(18-5-1)44-35-36-57(65-54-28-13-10-23-49(54)50-24-11-14-29-55(50)65)53(39-44)45-33-31-41-32-34-46(38-47(41)37-45)60-62-59(43-21-8-3-9-22-43)63-61(64-60)66-56-30-15-12-25-51(56)52-27-16-26-48(58(52)66)42-19-6-2-7-20-42/h1-39H. The zero-order valence-electron chi connectivity index (χ0n) is 35.8. The van der Waals surface area contributed by atoms with E-state index < -0.39 is 0 Å². The summed E-state index contributed by atoms with van der Waals surface area (Å²) in [5.74, 6) is 1.78. The minimum absolute atomic E-state index is 0.566. The third-order valence-corrected chi connectivity index (χ3v) is 13.0. The Morgan fingerprint density at radius 2 is 0.773 bits per heavy atom. The lowest BCUT2D eigenvalue weighted by atomic mass is 9.95. The van der Waals surface area contributed by atoms with Gasteiger partial charge in [-0.1, -0.05) is 194 Å². The summed E-state index contributed by atoms with van der Waals surface area (Å²) in [6, 6.07) is 84.1. The first-order valence-electron chi connectivity index (χ1n) is 22.4. The van der Waals surface area contributed by atoms with Crippen molar-refractivity contribution in [3.05, 3.63) is 237 Å². The van der Waals surface area contributed by atoms with Crippen molar-refractivity contribution in [2.24, 2.45) is 0 Å². The van der Waals surface area contributed by atoms with Crippen LogP contribution in [-0.2, 0) is 0 Å². The Bertz CT molecular complexity index is 3930. The van der Waals surface area contributed by atoms with Gasteiger partial charge in [-0.25, -0.2) is 4.98 Å². The summed E-state index contributed by atoms with van der Waals surface area (Å²) < 4.78 is 4.64. The molecule has 5 nitrogen and oxygen atoms in total. The van der Waals surface area contributed by atoms with Crippen LogP contribution in [0, 0.1) is 0 Å². The molecule has 13 aromatic rings. The zero-order chi connectivity index (χ0) is 43.6. The quantitative estimate of drug-likeness (QED) is 0.161. The van der Waals surface area contributed by atoms with Crippen LogP contribution in [0.2, 0.25) is 0 Å². The van der Waals surface area contributed by atoms with Crippen LogP contribution in [-0.4, -0.2) is 24.1 Å². The van der Waals surface area contributed by atoms with Crippen LogP contribution < -0.4 is 0 Å². The zero-order valence-corrected chi connectivity index (χ0v) is 35.8. The molecule has 0 unspecified atom stereocenters. The van der Waals surface area contributed by atoms with E-state index in [0.717, 1.165) is 77.2 Å². The second-order valence-electron chi connectivity index (χ2n) is 16.8. The van der Waals surface area contributed by atoms with Crippen LogP contribution in [0.15, 0.2) is 237 Å². The fourth-order valence-electron chi connectivity index (χ4n) is 9.90. The molecule has 0 aliphatic carbocycles. The molecule has 0 bridgehead atoms. The summed E-state index contributed by atoms with van der Waals surface area (Å²) in [6.45, 7) is 0. The van der Waals surface area contributed by atoms with Crippen LogP contribution in [0.25, 0.3) is 122 Å². The van der Waals surface area contributed by atoms with E-state index in [1.54, 1.807) is 0 Å². The molecule has 0 atom stereocenters. The molecule has 3 aromatic heterocycles. The van der Waals surface area contributed by atoms with Crippen LogP contribution >= 0.6 is 0 Å². The molecule has 0 aliphatic heterocycles. The second-order valence-corrected chi connectivity index (χ2v) is 16.8. The van der Waals surface area contributed by atoms with Crippen molar-refractivity contribution in [3.63, 3.8) is 0 Å². The highest BCUT2D eigenvalue weighted by Gasteiger charge is 2.21. The van der Waals surface area contributed by atoms with Crippen LogP contribution in [0.3, 0.4) is 0 Å². The van der Waals surface area contributed by atoms with Gasteiger partial charge >= 0.3 is 0 Å². The number of benzene rings is 10. The molecule has 3 heterocycles. The van der Waals surface area contributed by atoms with E-state index in [2.05, 4.69) is 228 Å². The summed E-state index contributed by atoms with van der Waals surface area (Å²) in [5.41, 5.74) is 14.2. The Morgan fingerprint density at radius 1 is 0.273 bits per heavy atom. The molecule has 5 heteroatoms. The van der Waals surface area contributed by atoms with Crippen molar-refractivity contribution >= 4 is 54.4 Å². The Labute approximate surface area is 381 Å². The lowest BCUT2D eigenvalue weighted by molar-refractivity contribution is 0.954. The lowest BCUT2D eigenvalue weighted by Crippen LogP contribution is -2.07. The predicted molar refractivity (Wildman–Crippen MR) is 273 cm³/mol. The monoisotopic (exact) mass is 841 g/mol. The van der Waals surface area contributed by atoms with E-state index in [9.17, 15) is 0 Å². The minimum Gasteiger partial charge on any atom is -0.309 e. The molecule has 308 valence electrons. The highest BCUT2D eigenvalue weighted by Crippen LogP contribution is 2.41. The molecule has 0 aliphatic rings. The molecule has 66 heavy (non-hydrogen) atoms. The predicted octanol–water partition coefficient (Wildman–Crippen LogP) is 15.6. The van der Waals surface area contributed by atoms with Gasteiger partial charge in [-0.05, 0) is 75.5 Å². The van der Waals surface area contributed by atoms with E-state index in [1.165, 1.54) is 27.4 Å². The number of para-hydroxylation sites is 4. The fourth-order valence-corrected chi connectivity index (χ4v) is 9.90. The summed E-state index contributed by atoms with van der Waals surface area (Å²) >= 11 is 0. The third kappa shape index (κ3) is 6.21. The molecule has 0 N–H and O–H groups in total. The molecule has 0 fully saturated rings. The number of hydrogen-bond donors (Lipinski definition) is 0. The molecular weight excluding hydrogens is 803 g/mol. The highest BCUT2D eigenvalue weighted by atomic mass is 15.2. The molecule has 0 amide bonds. The van der Waals surface area contributed by atoms with Crippen molar-refractivity contribution in [1.29, 1.82) is 0 Å². The molecule has 0 saturated carbocycles. The second kappa shape index (κ2) is 15.4. The molecule has 13 rings (SSSR count). The maximum Gasteiger partial charge on any atom is 0.238 e. The van der Waals surface area contributed by atoms with Gasteiger partial charge in [-0.2, -0.15) is 9.97 Å². The molecule has 0 radical (unpaired) electrons. The van der Waals surface area contributed by atoms with Gasteiger partial charge < -0.3 is 4.57 Å². The Balaban J connectivity index is 1.02. The summed E-state index contributed by atoms with van der Waals surface area (Å²) in [5, 5.41) is 6.98. The third-order valence-electron chi connectivity index (χ3n) is 13.0. The van der Waals surface area contributed by atoms with Gasteiger partial charge in [-0.15, -0.1) is 0 Å². The first-order chi connectivity index (χ1) is 32.7. The molecule has 10 aromatic carbocycles. The van der Waals surface area contributed by atoms with Crippen molar-refractivity contribution < 1.29 is 0 Å². The average Bonchev–Trinajstić information content (AvgIpc) is 3.92. The van der Waals surface area contributed by atoms with E-state index in [4.69, 9.17) is 15.0 Å². The fraction of sp³-hybridized carbons (Fsp3) is 0. The lowest BCUT2D eigenvalue weighted by Gasteiger charge is -2.17. The van der Waals surface area contributed by atoms with Crippen molar-refractivity contribution in [3.8, 4) is 67.8 Å². The van der Waals surface area contributed by atoms with Gasteiger partial charge in [0.25, 0.3) is 0 Å². The van der Waals surface area contributed by atoms with Gasteiger partial charge in [0.1, 0.15) is 0 Å². The molecular formula is C61H39N5. The SMILES string of the molecule is c1ccc(-c2ccc(-n3c4ccccc4c4ccccc43)c(-c3ccc4ccc(-c5nc(-c6ccccc6)nc(-n6c7ccccc7c7cccc(-c8ccccc8)c76)n5)cc4c3)c2)cc1. The Kier molecular flexibility index (Phi) is 8.78. The first-order valence-corrected chi connectivity index (χ1v) is 22.4. The van der Waals surface area contributed by atoms with Gasteiger partial charge in [0.05, 0.1) is 27.8 Å². The van der Waals surface area contributed by atoms with Crippen LogP contribution in [0.1, 0.15) is 0 Å². The maximum atomic E-state index is 5.38. The number of nitrogens with zero attached hydrogens (tertiary/aromatic N) is 5. The van der Waals surface area contributed by atoms with E-state index >= 15 is 0 Å². The van der Waals surface area contributed by atoms with Gasteiger partial charge in [0, 0.05) is 43.8 Å². The summed E-state index contributed by atoms with van der Waals surface area (Å²) in [4.78, 5) is 15.9. The first kappa shape index (κ1) is 37.6. The summed E-state index contributed by atoms with van der Waals surface area (Å²) in [7, 11) is 0. The van der Waals surface area contributed by atoms with Crippen molar-refractivity contribution in [2.45, 2.75) is 0 Å². The van der Waals surface area contributed by atoms with Gasteiger partial charge in [-0.3, -0.25) is 4.57 Å². The van der Waals surface area contributed by atoms with E-state index in [-0.39, 0.29) is 0 Å². The van der Waals surface area contributed by atoms with Crippen molar-refractivity contribution in [2.75, 3.05) is 0 Å². The highest BCUT2D eigenvalue weighted by molar-refractivity contribution is 6.14. The van der Waals surface area contributed by atoms with Crippen LogP contribution in [0.5, 0.6) is 0 Å². The number of aromatic nitrogens is 5.